The molecule has 1 aliphatic carbocycles. The number of likely N-dealkylation sites (N-methyl/N-ethyl adjacent to an activating group) is 1. The van der Waals surface area contributed by atoms with E-state index in [1.54, 1.807) is 0 Å². The van der Waals surface area contributed by atoms with E-state index in [1.807, 2.05) is 36.2 Å². The molecule has 19 heavy (non-hydrogen) atoms. The quantitative estimate of drug-likeness (QED) is 0.853. The Morgan fingerprint density at radius 2 is 2.11 bits per heavy atom. The number of hydrogen-bond donors (Lipinski definition) is 1. The van der Waals surface area contributed by atoms with E-state index in [-0.39, 0.29) is 6.10 Å². The van der Waals surface area contributed by atoms with Crippen molar-refractivity contribution in [1.82, 2.24) is 10.2 Å². The highest BCUT2D eigenvalue weighted by Crippen LogP contribution is 2.30. The maximum Gasteiger partial charge on any atom is 0.169 e. The molecule has 5 heteroatoms. The number of nitrogens with zero attached hydrogens (tertiary/aromatic N) is 1. The summed E-state index contributed by atoms with van der Waals surface area (Å²) in [5.74, 6) is 1.63. The van der Waals surface area contributed by atoms with Gasteiger partial charge in [0.1, 0.15) is 6.61 Å². The van der Waals surface area contributed by atoms with Crippen LogP contribution in [-0.4, -0.2) is 42.4 Å². The molecule has 1 aromatic carbocycles. The van der Waals surface area contributed by atoms with Crippen LogP contribution in [0.3, 0.4) is 0 Å². The number of para-hydroxylation sites is 2. The lowest BCUT2D eigenvalue weighted by Gasteiger charge is -2.30. The molecule has 1 saturated carbocycles. The minimum Gasteiger partial charge on any atom is -0.486 e. The fourth-order valence-corrected chi connectivity index (χ4v) is 2.30. The normalized spacial score (nSPS) is 20.8. The zero-order valence-electron chi connectivity index (χ0n) is 11.0. The molecule has 0 saturated heterocycles. The van der Waals surface area contributed by atoms with Crippen LogP contribution in [0.1, 0.15) is 12.8 Å². The molecule has 0 amide bonds. The Morgan fingerprint density at radius 1 is 1.37 bits per heavy atom. The van der Waals surface area contributed by atoms with E-state index in [0.29, 0.717) is 12.6 Å². The smallest absolute Gasteiger partial charge is 0.169 e. The monoisotopic (exact) mass is 278 g/mol. The number of fused-ring (bicyclic) bond motifs is 1. The van der Waals surface area contributed by atoms with E-state index in [4.69, 9.17) is 21.7 Å². The van der Waals surface area contributed by atoms with Gasteiger partial charge in [0, 0.05) is 13.1 Å². The summed E-state index contributed by atoms with van der Waals surface area (Å²) in [6.07, 6.45) is 2.47. The zero-order chi connectivity index (χ0) is 13.2. The van der Waals surface area contributed by atoms with Crippen LogP contribution in [0, 0.1) is 0 Å². The summed E-state index contributed by atoms with van der Waals surface area (Å²) < 4.78 is 11.6. The lowest BCUT2D eigenvalue weighted by molar-refractivity contribution is 0.0779. The molecule has 1 heterocycles. The Kier molecular flexibility index (Phi) is 3.46. The second-order valence-electron chi connectivity index (χ2n) is 5.10. The van der Waals surface area contributed by atoms with Gasteiger partial charge in [-0.15, -0.1) is 0 Å². The summed E-state index contributed by atoms with van der Waals surface area (Å²) in [6.45, 7) is 1.29. The average molecular weight is 278 g/mol. The molecule has 1 aliphatic heterocycles. The fourth-order valence-electron chi connectivity index (χ4n) is 2.05. The second-order valence-corrected chi connectivity index (χ2v) is 5.49. The summed E-state index contributed by atoms with van der Waals surface area (Å²) in [7, 11) is 1.99. The summed E-state index contributed by atoms with van der Waals surface area (Å²) in [5, 5.41) is 4.12. The average Bonchev–Trinajstić information content (AvgIpc) is 3.22. The van der Waals surface area contributed by atoms with Crippen molar-refractivity contribution in [3.05, 3.63) is 24.3 Å². The van der Waals surface area contributed by atoms with E-state index >= 15 is 0 Å². The van der Waals surface area contributed by atoms with E-state index in [2.05, 4.69) is 5.32 Å². The molecule has 1 atom stereocenters. The summed E-state index contributed by atoms with van der Waals surface area (Å²) in [4.78, 5) is 2.02. The van der Waals surface area contributed by atoms with Crippen LogP contribution in [0.5, 0.6) is 11.5 Å². The molecule has 4 nitrogen and oxygen atoms in total. The molecule has 0 radical (unpaired) electrons. The van der Waals surface area contributed by atoms with Crippen molar-refractivity contribution in [2.75, 3.05) is 20.2 Å². The molecule has 2 aliphatic rings. The Morgan fingerprint density at radius 3 is 2.84 bits per heavy atom. The van der Waals surface area contributed by atoms with Gasteiger partial charge in [-0.05, 0) is 37.2 Å². The molecule has 1 N–H and O–H groups in total. The van der Waals surface area contributed by atoms with Crippen LogP contribution < -0.4 is 14.8 Å². The van der Waals surface area contributed by atoms with E-state index in [9.17, 15) is 0 Å². The van der Waals surface area contributed by atoms with Crippen LogP contribution in [0.2, 0.25) is 0 Å². The van der Waals surface area contributed by atoms with Gasteiger partial charge in [0.05, 0.1) is 6.54 Å². The van der Waals surface area contributed by atoms with E-state index < -0.39 is 0 Å². The van der Waals surface area contributed by atoms with Crippen LogP contribution >= 0.6 is 12.2 Å². The van der Waals surface area contributed by atoms with Crippen LogP contribution in [0.15, 0.2) is 24.3 Å². The van der Waals surface area contributed by atoms with Crippen LogP contribution in [0.25, 0.3) is 0 Å². The minimum absolute atomic E-state index is 0.0128. The summed E-state index contributed by atoms with van der Waals surface area (Å²) in [6, 6.07) is 8.34. The van der Waals surface area contributed by atoms with Gasteiger partial charge in [0.2, 0.25) is 0 Å². The SMILES string of the molecule is CN(C[C@H]1COc2ccccc2O1)C(=S)NC1CC1. The van der Waals surface area contributed by atoms with Crippen molar-refractivity contribution in [3.63, 3.8) is 0 Å². The highest BCUT2D eigenvalue weighted by atomic mass is 32.1. The molecular weight excluding hydrogens is 260 g/mol. The van der Waals surface area contributed by atoms with Crippen molar-refractivity contribution in [2.24, 2.45) is 0 Å². The molecule has 0 aromatic heterocycles. The second kappa shape index (κ2) is 5.25. The lowest BCUT2D eigenvalue weighted by atomic mass is 10.2. The van der Waals surface area contributed by atoms with Crippen molar-refractivity contribution in [3.8, 4) is 11.5 Å². The van der Waals surface area contributed by atoms with Gasteiger partial charge in [-0.1, -0.05) is 12.1 Å². The Balaban J connectivity index is 1.54. The number of thiocarbonyl (C=S) groups is 1. The first kappa shape index (κ1) is 12.5. The van der Waals surface area contributed by atoms with Gasteiger partial charge in [0.25, 0.3) is 0 Å². The topological polar surface area (TPSA) is 33.7 Å². The van der Waals surface area contributed by atoms with Crippen molar-refractivity contribution >= 4 is 17.3 Å². The highest BCUT2D eigenvalue weighted by Gasteiger charge is 2.26. The predicted molar refractivity (Wildman–Crippen MR) is 77.7 cm³/mol. The minimum atomic E-state index is 0.0128. The number of hydrogen-bond acceptors (Lipinski definition) is 3. The third-order valence-electron chi connectivity index (χ3n) is 3.30. The number of nitrogens with one attached hydrogen (secondary N) is 1. The Labute approximate surface area is 118 Å². The van der Waals surface area contributed by atoms with Gasteiger partial charge >= 0.3 is 0 Å². The van der Waals surface area contributed by atoms with Crippen LogP contribution in [-0.2, 0) is 0 Å². The van der Waals surface area contributed by atoms with Crippen molar-refractivity contribution < 1.29 is 9.47 Å². The van der Waals surface area contributed by atoms with Crippen molar-refractivity contribution in [1.29, 1.82) is 0 Å². The van der Waals surface area contributed by atoms with Gasteiger partial charge in [0.15, 0.2) is 22.7 Å². The van der Waals surface area contributed by atoms with Crippen molar-refractivity contribution in [2.45, 2.75) is 25.0 Å². The Bertz CT molecular complexity index is 476. The molecule has 0 unspecified atom stereocenters. The molecule has 1 aromatic rings. The first-order valence-electron chi connectivity index (χ1n) is 6.62. The predicted octanol–water partition coefficient (Wildman–Crippen LogP) is 1.80. The fraction of sp³-hybridized carbons (Fsp3) is 0.500. The lowest BCUT2D eigenvalue weighted by Crippen LogP contribution is -2.45. The molecular formula is C14H18N2O2S. The first-order valence-corrected chi connectivity index (χ1v) is 7.03. The molecule has 3 rings (SSSR count). The van der Waals surface area contributed by atoms with Gasteiger partial charge in [-0.25, -0.2) is 0 Å². The standard InChI is InChI=1S/C14H18N2O2S/c1-16(14(19)15-10-6-7-10)8-11-9-17-12-4-2-3-5-13(12)18-11/h2-5,10-11H,6-9H2,1H3,(H,15,19)/t11-/m0/s1. The third-order valence-corrected chi connectivity index (χ3v) is 3.73. The van der Waals surface area contributed by atoms with Gasteiger partial charge < -0.3 is 19.7 Å². The van der Waals surface area contributed by atoms with Gasteiger partial charge in [-0.2, -0.15) is 0 Å². The van der Waals surface area contributed by atoms with E-state index in [1.165, 1.54) is 12.8 Å². The highest BCUT2D eigenvalue weighted by molar-refractivity contribution is 7.80. The first-order chi connectivity index (χ1) is 9.22. The number of benzene rings is 1. The largest absolute Gasteiger partial charge is 0.486 e. The summed E-state index contributed by atoms with van der Waals surface area (Å²) >= 11 is 5.36. The van der Waals surface area contributed by atoms with Gasteiger partial charge in [-0.3, -0.25) is 0 Å². The molecule has 0 spiro atoms. The number of ether oxygens (including phenoxy) is 2. The maximum atomic E-state index is 5.92. The third kappa shape index (κ3) is 3.10. The maximum absolute atomic E-state index is 5.92. The molecule has 102 valence electrons. The number of rotatable bonds is 3. The molecule has 1 fully saturated rings. The zero-order valence-corrected chi connectivity index (χ0v) is 11.8. The molecule has 0 bridgehead atoms. The Hall–Kier alpha value is -1.49. The van der Waals surface area contributed by atoms with E-state index in [0.717, 1.165) is 23.2 Å². The summed E-state index contributed by atoms with van der Waals surface area (Å²) in [5.41, 5.74) is 0. The van der Waals surface area contributed by atoms with Crippen LogP contribution in [0.4, 0.5) is 0 Å².